The molecular formula is C20H31NO2. The highest BCUT2D eigenvalue weighted by atomic mass is 16.5. The van der Waals surface area contributed by atoms with Gasteiger partial charge in [0.15, 0.2) is 0 Å². The lowest BCUT2D eigenvalue weighted by Gasteiger charge is -2.10. The Hall–Kier alpha value is -1.61. The zero-order valence-corrected chi connectivity index (χ0v) is 15.3. The number of aliphatic hydroxyl groups excluding tert-OH is 1. The second kappa shape index (κ2) is 10.2. The molecule has 1 aromatic carbocycles. The molecule has 128 valence electrons. The molecule has 0 aliphatic heterocycles. The van der Waals surface area contributed by atoms with E-state index in [0.29, 0.717) is 6.42 Å². The minimum Gasteiger partial charge on any atom is -0.396 e. The van der Waals surface area contributed by atoms with Crippen molar-refractivity contribution in [2.24, 2.45) is 0 Å². The minimum atomic E-state index is 0.182. The van der Waals surface area contributed by atoms with Crippen LogP contribution in [0.1, 0.15) is 62.6 Å². The van der Waals surface area contributed by atoms with Crippen LogP contribution in [0.4, 0.5) is 0 Å². The van der Waals surface area contributed by atoms with Crippen LogP contribution in [0.25, 0.3) is 11.1 Å². The van der Waals surface area contributed by atoms with Gasteiger partial charge in [-0.3, -0.25) is 0 Å². The van der Waals surface area contributed by atoms with E-state index < -0.39 is 0 Å². The van der Waals surface area contributed by atoms with Gasteiger partial charge in [-0.05, 0) is 43.4 Å². The van der Waals surface area contributed by atoms with E-state index in [9.17, 15) is 5.11 Å². The summed E-state index contributed by atoms with van der Waals surface area (Å²) in [7, 11) is 0. The maximum atomic E-state index is 9.21. The monoisotopic (exact) mass is 317 g/mol. The van der Waals surface area contributed by atoms with Crippen molar-refractivity contribution in [3.8, 4) is 11.1 Å². The third-order valence-corrected chi connectivity index (χ3v) is 3.93. The van der Waals surface area contributed by atoms with Crippen molar-refractivity contribution in [1.29, 1.82) is 0 Å². The number of hydrogen-bond donors (Lipinski definition) is 1. The SMILES string of the molecule is CCCC.CCCc1ccc(-c2c(C)noc2C)cc1CCO. The Labute approximate surface area is 140 Å². The number of benzene rings is 1. The molecule has 0 saturated carbocycles. The first-order valence-electron chi connectivity index (χ1n) is 8.74. The summed E-state index contributed by atoms with van der Waals surface area (Å²) in [5.74, 6) is 0.843. The van der Waals surface area contributed by atoms with Gasteiger partial charge in [-0.15, -0.1) is 0 Å². The first kappa shape index (κ1) is 19.4. The number of aryl methyl sites for hydroxylation is 3. The van der Waals surface area contributed by atoms with Crippen LogP contribution in [0.2, 0.25) is 0 Å². The van der Waals surface area contributed by atoms with Crippen LogP contribution in [-0.2, 0) is 12.8 Å². The molecule has 0 fully saturated rings. The topological polar surface area (TPSA) is 46.3 Å². The fourth-order valence-corrected chi connectivity index (χ4v) is 2.54. The highest BCUT2D eigenvalue weighted by Crippen LogP contribution is 2.29. The number of unbranched alkanes of at least 4 members (excludes halogenated alkanes) is 1. The summed E-state index contributed by atoms with van der Waals surface area (Å²) in [5.41, 5.74) is 5.66. The Bertz CT molecular complexity index is 566. The summed E-state index contributed by atoms with van der Waals surface area (Å²) < 4.78 is 5.23. The van der Waals surface area contributed by atoms with E-state index in [4.69, 9.17) is 4.52 Å². The van der Waals surface area contributed by atoms with Gasteiger partial charge in [-0.2, -0.15) is 0 Å². The van der Waals surface area contributed by atoms with Crippen LogP contribution < -0.4 is 0 Å². The van der Waals surface area contributed by atoms with Crippen LogP contribution in [0.3, 0.4) is 0 Å². The van der Waals surface area contributed by atoms with Crippen molar-refractivity contribution in [1.82, 2.24) is 5.16 Å². The molecule has 3 heteroatoms. The lowest BCUT2D eigenvalue weighted by molar-refractivity contribution is 0.299. The second-order valence-corrected chi connectivity index (χ2v) is 5.91. The largest absolute Gasteiger partial charge is 0.396 e. The van der Waals surface area contributed by atoms with Crippen LogP contribution in [0, 0.1) is 13.8 Å². The van der Waals surface area contributed by atoms with E-state index in [1.807, 2.05) is 13.8 Å². The number of nitrogens with zero attached hydrogens (tertiary/aromatic N) is 1. The van der Waals surface area contributed by atoms with E-state index in [-0.39, 0.29) is 6.61 Å². The third-order valence-electron chi connectivity index (χ3n) is 3.93. The predicted molar refractivity (Wildman–Crippen MR) is 96.8 cm³/mol. The highest BCUT2D eigenvalue weighted by Gasteiger charge is 2.13. The summed E-state index contributed by atoms with van der Waals surface area (Å²) in [6.07, 6.45) is 5.51. The van der Waals surface area contributed by atoms with Crippen molar-refractivity contribution < 1.29 is 9.63 Å². The van der Waals surface area contributed by atoms with Crippen LogP contribution in [0.15, 0.2) is 22.7 Å². The van der Waals surface area contributed by atoms with Gasteiger partial charge < -0.3 is 9.63 Å². The molecule has 0 aliphatic rings. The summed E-state index contributed by atoms with van der Waals surface area (Å²) in [4.78, 5) is 0. The van der Waals surface area contributed by atoms with Crippen molar-refractivity contribution in [3.05, 3.63) is 40.8 Å². The van der Waals surface area contributed by atoms with Gasteiger partial charge in [-0.25, -0.2) is 0 Å². The maximum Gasteiger partial charge on any atom is 0.141 e. The van der Waals surface area contributed by atoms with Gasteiger partial charge in [0.2, 0.25) is 0 Å². The Kier molecular flexibility index (Phi) is 8.64. The molecule has 0 spiro atoms. The van der Waals surface area contributed by atoms with E-state index in [1.165, 1.54) is 24.0 Å². The maximum absolute atomic E-state index is 9.21. The van der Waals surface area contributed by atoms with Crippen LogP contribution in [-0.4, -0.2) is 16.9 Å². The number of hydrogen-bond acceptors (Lipinski definition) is 3. The van der Waals surface area contributed by atoms with Gasteiger partial charge in [0.05, 0.1) is 5.69 Å². The predicted octanol–water partition coefficient (Wildman–Crippen LogP) is 5.25. The molecule has 0 unspecified atom stereocenters. The normalized spacial score (nSPS) is 10.3. The molecule has 23 heavy (non-hydrogen) atoms. The standard InChI is InChI=1S/C16H21NO2.C4H10/c1-4-5-13-6-7-15(10-14(13)8-9-18)16-11(2)17-19-12(16)3;1-3-4-2/h6-7,10,18H,4-5,8-9H2,1-3H3;3-4H2,1-2H3. The smallest absolute Gasteiger partial charge is 0.141 e. The Morgan fingerprint density at radius 1 is 0.957 bits per heavy atom. The molecule has 0 aliphatic carbocycles. The molecule has 1 heterocycles. The van der Waals surface area contributed by atoms with Crippen LogP contribution in [0.5, 0.6) is 0 Å². The van der Waals surface area contributed by atoms with Gasteiger partial charge in [0, 0.05) is 12.2 Å². The Morgan fingerprint density at radius 2 is 1.65 bits per heavy atom. The Balaban J connectivity index is 0.000000593. The molecule has 1 aromatic heterocycles. The quantitative estimate of drug-likeness (QED) is 0.791. The molecule has 3 nitrogen and oxygen atoms in total. The molecule has 0 bridgehead atoms. The van der Waals surface area contributed by atoms with Gasteiger partial charge in [0.1, 0.15) is 5.76 Å². The van der Waals surface area contributed by atoms with E-state index in [1.54, 1.807) is 0 Å². The zero-order valence-electron chi connectivity index (χ0n) is 15.3. The fraction of sp³-hybridized carbons (Fsp3) is 0.550. The molecule has 2 rings (SSSR count). The van der Waals surface area contributed by atoms with Crippen molar-refractivity contribution in [2.45, 2.75) is 66.7 Å². The minimum absolute atomic E-state index is 0.182. The third kappa shape index (κ3) is 5.51. The number of aliphatic hydroxyl groups is 1. The summed E-state index contributed by atoms with van der Waals surface area (Å²) in [6, 6.07) is 6.45. The second-order valence-electron chi connectivity index (χ2n) is 5.91. The first-order valence-corrected chi connectivity index (χ1v) is 8.74. The zero-order chi connectivity index (χ0) is 17.2. The number of rotatable bonds is 6. The average molecular weight is 317 g/mol. The van der Waals surface area contributed by atoms with Gasteiger partial charge >= 0.3 is 0 Å². The first-order chi connectivity index (χ1) is 11.1. The van der Waals surface area contributed by atoms with Crippen molar-refractivity contribution in [2.75, 3.05) is 6.61 Å². The molecule has 0 radical (unpaired) electrons. The van der Waals surface area contributed by atoms with Crippen molar-refractivity contribution >= 4 is 0 Å². The van der Waals surface area contributed by atoms with Crippen LogP contribution >= 0.6 is 0 Å². The van der Waals surface area contributed by atoms with E-state index in [2.05, 4.69) is 44.1 Å². The van der Waals surface area contributed by atoms with Gasteiger partial charge in [0.25, 0.3) is 0 Å². The van der Waals surface area contributed by atoms with E-state index in [0.717, 1.165) is 35.4 Å². The highest BCUT2D eigenvalue weighted by molar-refractivity contribution is 5.68. The molecule has 2 aromatic rings. The molecule has 0 saturated heterocycles. The molecule has 0 atom stereocenters. The lowest BCUT2D eigenvalue weighted by atomic mass is 9.95. The number of aromatic nitrogens is 1. The van der Waals surface area contributed by atoms with Gasteiger partial charge in [-0.1, -0.05) is 63.4 Å². The fourth-order valence-electron chi connectivity index (χ4n) is 2.54. The summed E-state index contributed by atoms with van der Waals surface area (Å²) in [6.45, 7) is 10.6. The molecular weight excluding hydrogens is 286 g/mol. The summed E-state index contributed by atoms with van der Waals surface area (Å²) >= 11 is 0. The molecule has 1 N–H and O–H groups in total. The van der Waals surface area contributed by atoms with Crippen molar-refractivity contribution in [3.63, 3.8) is 0 Å². The Morgan fingerprint density at radius 3 is 2.13 bits per heavy atom. The lowest BCUT2D eigenvalue weighted by Crippen LogP contribution is -1.98. The van der Waals surface area contributed by atoms with E-state index >= 15 is 0 Å². The molecule has 0 amide bonds. The average Bonchev–Trinajstić information content (AvgIpc) is 2.89. The summed E-state index contributed by atoms with van der Waals surface area (Å²) in [5, 5.41) is 13.2.